The summed E-state index contributed by atoms with van der Waals surface area (Å²) in [5, 5.41) is 47.2. The Kier molecular flexibility index (Phi) is 26.3. The van der Waals surface area contributed by atoms with Gasteiger partial charge < -0.3 is 30.3 Å². The van der Waals surface area contributed by atoms with Gasteiger partial charge in [-0.1, -0.05) is 135 Å². The molecule has 0 aromatic heterocycles. The highest BCUT2D eigenvalue weighted by atomic mass is 16.6. The maximum Gasteiger partial charge on any atom is 0.306 e. The molecule has 0 bridgehead atoms. The lowest BCUT2D eigenvalue weighted by Gasteiger charge is -2.28. The van der Waals surface area contributed by atoms with Crippen molar-refractivity contribution in [3.63, 3.8) is 0 Å². The number of hydrogen-bond donors (Lipinski definition) is 5. The van der Waals surface area contributed by atoms with Gasteiger partial charge in [0, 0.05) is 6.42 Å². The van der Waals surface area contributed by atoms with Crippen molar-refractivity contribution in [2.75, 3.05) is 13.2 Å². The number of esters is 1. The zero-order chi connectivity index (χ0) is 27.6. The molecule has 222 valence electrons. The average Bonchev–Trinajstić information content (AvgIpc) is 2.91. The van der Waals surface area contributed by atoms with Gasteiger partial charge in [-0.25, -0.2) is 0 Å². The topological polar surface area (TPSA) is 127 Å². The van der Waals surface area contributed by atoms with Gasteiger partial charge in [0.15, 0.2) is 6.10 Å². The number of hydrogen-bond acceptors (Lipinski definition) is 7. The van der Waals surface area contributed by atoms with E-state index < -0.39 is 43.6 Å². The van der Waals surface area contributed by atoms with Crippen molar-refractivity contribution in [3.8, 4) is 0 Å². The lowest BCUT2D eigenvalue weighted by Crippen LogP contribution is -2.49. The molecule has 0 spiro atoms. The van der Waals surface area contributed by atoms with Gasteiger partial charge in [-0.2, -0.15) is 0 Å². The van der Waals surface area contributed by atoms with Gasteiger partial charge in [0.1, 0.15) is 18.3 Å². The van der Waals surface area contributed by atoms with Crippen LogP contribution in [0.2, 0.25) is 0 Å². The van der Waals surface area contributed by atoms with E-state index in [9.17, 15) is 20.1 Å². The molecule has 7 heteroatoms. The molecule has 37 heavy (non-hydrogen) atoms. The molecule has 0 unspecified atom stereocenters. The van der Waals surface area contributed by atoms with Crippen LogP contribution in [-0.4, -0.2) is 69.1 Å². The maximum absolute atomic E-state index is 12.0. The van der Waals surface area contributed by atoms with E-state index >= 15 is 0 Å². The standard InChI is InChI=1S/C30H60O7/c1-2-3-4-5-6-7-8-9-10-11-12-13-14-15-16-17-18-19-20-21-22-23-28(35)37-30(27(34)25-32)29(36)26(33)24-31/h26-27,29-34,36H,2-25H2,1H3/t26-,27-,29-,30-/m0/s1. The van der Waals surface area contributed by atoms with E-state index in [0.29, 0.717) is 6.42 Å². The molecule has 0 saturated carbocycles. The molecular formula is C30H60O7. The second-order valence-electron chi connectivity index (χ2n) is 10.8. The summed E-state index contributed by atoms with van der Waals surface area (Å²) < 4.78 is 5.06. The molecule has 0 rings (SSSR count). The fourth-order valence-corrected chi connectivity index (χ4v) is 4.72. The number of carbonyl (C=O) groups is 1. The summed E-state index contributed by atoms with van der Waals surface area (Å²) in [6.45, 7) is 0.799. The number of carbonyl (C=O) groups excluding carboxylic acids is 1. The van der Waals surface area contributed by atoms with Gasteiger partial charge in [0.25, 0.3) is 0 Å². The van der Waals surface area contributed by atoms with E-state index in [1.165, 1.54) is 109 Å². The van der Waals surface area contributed by atoms with Gasteiger partial charge in [0.2, 0.25) is 0 Å². The number of ether oxygens (including phenoxy) is 1. The fraction of sp³-hybridized carbons (Fsp3) is 0.967. The summed E-state index contributed by atoms with van der Waals surface area (Å²) in [5.41, 5.74) is 0. The Bertz CT molecular complexity index is 489. The highest BCUT2D eigenvalue weighted by Crippen LogP contribution is 2.16. The molecule has 4 atom stereocenters. The zero-order valence-corrected chi connectivity index (χ0v) is 23.8. The quantitative estimate of drug-likeness (QED) is 0.0658. The van der Waals surface area contributed by atoms with Crippen molar-refractivity contribution in [1.29, 1.82) is 0 Å². The first-order valence-electron chi connectivity index (χ1n) is 15.4. The van der Waals surface area contributed by atoms with Crippen LogP contribution < -0.4 is 0 Å². The summed E-state index contributed by atoms with van der Waals surface area (Å²) in [6.07, 6.45) is 21.0. The van der Waals surface area contributed by atoms with Crippen molar-refractivity contribution in [1.82, 2.24) is 0 Å². The molecule has 5 N–H and O–H groups in total. The van der Waals surface area contributed by atoms with Crippen molar-refractivity contribution in [2.45, 2.75) is 173 Å². The van der Waals surface area contributed by atoms with Crippen molar-refractivity contribution in [3.05, 3.63) is 0 Å². The third kappa shape index (κ3) is 21.8. The molecule has 0 heterocycles. The van der Waals surface area contributed by atoms with Crippen LogP contribution in [0.1, 0.15) is 148 Å². The predicted octanol–water partition coefficient (Wildman–Crippen LogP) is 5.57. The summed E-state index contributed by atoms with van der Waals surface area (Å²) >= 11 is 0. The largest absolute Gasteiger partial charge is 0.457 e. The highest BCUT2D eigenvalue weighted by Gasteiger charge is 2.34. The number of rotatable bonds is 28. The van der Waals surface area contributed by atoms with E-state index in [4.69, 9.17) is 14.9 Å². The van der Waals surface area contributed by atoms with Crippen LogP contribution in [0.5, 0.6) is 0 Å². The molecule has 0 aliphatic carbocycles. The Labute approximate surface area is 227 Å². The minimum Gasteiger partial charge on any atom is -0.457 e. The lowest BCUT2D eigenvalue weighted by molar-refractivity contribution is -0.177. The molecule has 0 aliphatic heterocycles. The summed E-state index contributed by atoms with van der Waals surface area (Å²) in [5.74, 6) is -0.598. The Hall–Kier alpha value is -0.730. The second-order valence-corrected chi connectivity index (χ2v) is 10.8. The molecule has 0 aromatic carbocycles. The maximum atomic E-state index is 12.0. The van der Waals surface area contributed by atoms with E-state index in [-0.39, 0.29) is 6.42 Å². The molecule has 0 aliphatic rings. The van der Waals surface area contributed by atoms with Crippen LogP contribution in [0.15, 0.2) is 0 Å². The average molecular weight is 533 g/mol. The number of aliphatic hydroxyl groups excluding tert-OH is 5. The van der Waals surface area contributed by atoms with Crippen molar-refractivity contribution < 1.29 is 35.1 Å². The normalized spacial score (nSPS) is 14.9. The molecule has 0 fully saturated rings. The number of unbranched alkanes of at least 4 members (excludes halogenated alkanes) is 20. The van der Waals surface area contributed by atoms with Crippen LogP contribution in [0.4, 0.5) is 0 Å². The Morgan fingerprint density at radius 1 is 0.541 bits per heavy atom. The van der Waals surface area contributed by atoms with E-state index in [2.05, 4.69) is 6.92 Å². The van der Waals surface area contributed by atoms with Crippen LogP contribution in [0, 0.1) is 0 Å². The lowest BCUT2D eigenvalue weighted by atomic mass is 10.0. The molecule has 0 radical (unpaired) electrons. The van der Waals surface area contributed by atoms with Crippen LogP contribution in [-0.2, 0) is 9.53 Å². The third-order valence-corrected chi connectivity index (χ3v) is 7.24. The fourth-order valence-electron chi connectivity index (χ4n) is 4.72. The first-order chi connectivity index (χ1) is 18.0. The van der Waals surface area contributed by atoms with Crippen LogP contribution in [0.3, 0.4) is 0 Å². The van der Waals surface area contributed by atoms with Gasteiger partial charge in [-0.05, 0) is 6.42 Å². The first kappa shape index (κ1) is 36.3. The van der Waals surface area contributed by atoms with Gasteiger partial charge in [0.05, 0.1) is 13.2 Å². The minimum atomic E-state index is -1.67. The highest BCUT2D eigenvalue weighted by molar-refractivity contribution is 5.69. The molecule has 0 saturated heterocycles. The molecule has 0 aromatic rings. The monoisotopic (exact) mass is 532 g/mol. The van der Waals surface area contributed by atoms with Gasteiger partial charge in [-0.15, -0.1) is 0 Å². The Balaban J connectivity index is 3.49. The summed E-state index contributed by atoms with van der Waals surface area (Å²) in [7, 11) is 0. The second kappa shape index (κ2) is 26.9. The van der Waals surface area contributed by atoms with E-state index in [1.54, 1.807) is 0 Å². The Morgan fingerprint density at radius 3 is 1.19 bits per heavy atom. The SMILES string of the molecule is CCCCCCCCCCCCCCCCCCCCCCCC(=O)O[C@H]([C@@H](O)[C@@H](O)CO)[C@@H](O)CO. The smallest absolute Gasteiger partial charge is 0.306 e. The summed E-state index contributed by atoms with van der Waals surface area (Å²) in [4.78, 5) is 12.0. The van der Waals surface area contributed by atoms with Crippen LogP contribution in [0.25, 0.3) is 0 Å². The predicted molar refractivity (Wildman–Crippen MR) is 149 cm³/mol. The minimum absolute atomic E-state index is 0.148. The zero-order valence-electron chi connectivity index (χ0n) is 23.8. The number of aliphatic hydroxyl groups is 5. The third-order valence-electron chi connectivity index (χ3n) is 7.24. The molecular weight excluding hydrogens is 472 g/mol. The van der Waals surface area contributed by atoms with E-state index in [1.807, 2.05) is 0 Å². The van der Waals surface area contributed by atoms with Gasteiger partial charge >= 0.3 is 5.97 Å². The van der Waals surface area contributed by atoms with E-state index in [0.717, 1.165) is 19.3 Å². The first-order valence-corrected chi connectivity index (χ1v) is 15.4. The molecule has 7 nitrogen and oxygen atoms in total. The Morgan fingerprint density at radius 2 is 0.865 bits per heavy atom. The molecule has 0 amide bonds. The van der Waals surface area contributed by atoms with Gasteiger partial charge in [-0.3, -0.25) is 4.79 Å². The summed E-state index contributed by atoms with van der Waals surface area (Å²) in [6, 6.07) is 0. The van der Waals surface area contributed by atoms with Crippen molar-refractivity contribution >= 4 is 5.97 Å². The van der Waals surface area contributed by atoms with Crippen LogP contribution >= 0.6 is 0 Å². The van der Waals surface area contributed by atoms with Crippen molar-refractivity contribution in [2.24, 2.45) is 0 Å².